The lowest BCUT2D eigenvalue weighted by atomic mass is 9.96. The first-order valence-electron chi connectivity index (χ1n) is 4.69. The molecule has 0 bridgehead atoms. The number of fused-ring (bicyclic) bond motifs is 1. The van der Waals surface area contributed by atoms with Gasteiger partial charge in [0.2, 0.25) is 5.79 Å². The molecule has 2 aliphatic rings. The minimum absolute atomic E-state index is 0.898. The molecule has 1 aliphatic carbocycles. The van der Waals surface area contributed by atoms with E-state index >= 15 is 0 Å². The molecule has 5 atom stereocenters. The first kappa shape index (κ1) is 10.3. The van der Waals surface area contributed by atoms with Crippen molar-refractivity contribution in [2.45, 2.75) is 50.5 Å². The summed E-state index contributed by atoms with van der Waals surface area (Å²) in [6, 6.07) is 0. The minimum Gasteiger partial charge on any atom is -0.391 e. The maximum Gasteiger partial charge on any atom is 0.207 e. The zero-order chi connectivity index (χ0) is 10.9. The van der Waals surface area contributed by atoms with E-state index in [1.54, 1.807) is 13.8 Å². The molecule has 0 amide bonds. The molecule has 4 N–H and O–H groups in total. The Labute approximate surface area is 81.9 Å². The van der Waals surface area contributed by atoms with Crippen LogP contribution >= 0.6 is 0 Å². The summed E-state index contributed by atoms with van der Waals surface area (Å²) in [6.07, 6.45) is -3.12. The first-order valence-corrected chi connectivity index (χ1v) is 4.69. The normalized spacial score (nSPS) is 56.8. The van der Waals surface area contributed by atoms with E-state index < -0.39 is 35.1 Å². The lowest BCUT2D eigenvalue weighted by molar-refractivity contribution is -0.192. The van der Waals surface area contributed by atoms with Crippen LogP contribution in [0.4, 0.5) is 0 Å². The van der Waals surface area contributed by atoms with Gasteiger partial charge in [0.1, 0.15) is 12.2 Å². The Morgan fingerprint density at radius 2 is 1.79 bits per heavy atom. The SMILES string of the molecule is C[C@H](O)[C@H]1O[C@@]2(O)C(C)(C)[C@@]2(O)[C@H]1O. The molecule has 2 rings (SSSR count). The van der Waals surface area contributed by atoms with E-state index in [0.717, 1.165) is 0 Å². The van der Waals surface area contributed by atoms with Crippen LogP contribution in [-0.2, 0) is 4.74 Å². The second-order valence-corrected chi connectivity index (χ2v) is 4.80. The maximum absolute atomic E-state index is 10.0. The predicted octanol–water partition coefficient (Wildman–Crippen LogP) is -1.41. The molecule has 1 aliphatic heterocycles. The number of rotatable bonds is 1. The Balaban J connectivity index is 2.31. The lowest BCUT2D eigenvalue weighted by Gasteiger charge is -2.26. The highest BCUT2D eigenvalue weighted by atomic mass is 16.7. The van der Waals surface area contributed by atoms with Crippen molar-refractivity contribution in [2.75, 3.05) is 0 Å². The predicted molar refractivity (Wildman–Crippen MR) is 46.2 cm³/mol. The van der Waals surface area contributed by atoms with E-state index in [2.05, 4.69) is 0 Å². The van der Waals surface area contributed by atoms with Crippen LogP contribution in [0.15, 0.2) is 0 Å². The Bertz CT molecular complexity index is 276. The third-order valence-electron chi connectivity index (χ3n) is 3.78. The molecule has 0 radical (unpaired) electrons. The van der Waals surface area contributed by atoms with Crippen LogP contribution in [0.5, 0.6) is 0 Å². The van der Waals surface area contributed by atoms with E-state index in [-0.39, 0.29) is 0 Å². The van der Waals surface area contributed by atoms with Crippen LogP contribution < -0.4 is 0 Å². The molecule has 1 saturated carbocycles. The summed E-state index contributed by atoms with van der Waals surface area (Å²) in [7, 11) is 0. The van der Waals surface area contributed by atoms with Gasteiger partial charge in [0.05, 0.1) is 11.5 Å². The van der Waals surface area contributed by atoms with Crippen molar-refractivity contribution in [3.05, 3.63) is 0 Å². The number of aliphatic hydroxyl groups excluding tert-OH is 2. The molecule has 14 heavy (non-hydrogen) atoms. The molecular weight excluding hydrogens is 188 g/mol. The van der Waals surface area contributed by atoms with Crippen molar-refractivity contribution in [1.82, 2.24) is 0 Å². The fourth-order valence-corrected chi connectivity index (χ4v) is 2.49. The van der Waals surface area contributed by atoms with Crippen LogP contribution in [0.2, 0.25) is 0 Å². The van der Waals surface area contributed by atoms with Crippen LogP contribution in [0.1, 0.15) is 20.8 Å². The molecule has 0 unspecified atom stereocenters. The van der Waals surface area contributed by atoms with E-state index in [9.17, 15) is 20.4 Å². The van der Waals surface area contributed by atoms with Crippen molar-refractivity contribution < 1.29 is 25.2 Å². The molecular formula is C9H16O5. The highest BCUT2D eigenvalue weighted by Crippen LogP contribution is 2.71. The van der Waals surface area contributed by atoms with Gasteiger partial charge in [-0.15, -0.1) is 0 Å². The molecule has 1 saturated heterocycles. The smallest absolute Gasteiger partial charge is 0.207 e. The van der Waals surface area contributed by atoms with Gasteiger partial charge < -0.3 is 25.2 Å². The summed E-state index contributed by atoms with van der Waals surface area (Å²) in [6.45, 7) is 4.65. The first-order chi connectivity index (χ1) is 6.20. The summed E-state index contributed by atoms with van der Waals surface area (Å²) >= 11 is 0. The summed E-state index contributed by atoms with van der Waals surface area (Å²) in [5.74, 6) is -1.74. The van der Waals surface area contributed by atoms with Crippen molar-refractivity contribution in [2.24, 2.45) is 5.41 Å². The summed E-state index contributed by atoms with van der Waals surface area (Å²) in [5, 5.41) is 38.9. The molecule has 0 aromatic carbocycles. The highest BCUT2D eigenvalue weighted by Gasteiger charge is 2.92. The molecule has 0 aromatic heterocycles. The van der Waals surface area contributed by atoms with Gasteiger partial charge >= 0.3 is 0 Å². The third-order valence-corrected chi connectivity index (χ3v) is 3.78. The summed E-state index contributed by atoms with van der Waals surface area (Å²) < 4.78 is 5.12. The molecule has 0 spiro atoms. The van der Waals surface area contributed by atoms with E-state index in [1.165, 1.54) is 6.92 Å². The van der Waals surface area contributed by atoms with Crippen LogP contribution in [0.3, 0.4) is 0 Å². The number of ether oxygens (including phenoxy) is 1. The standard InChI is InChI=1S/C9H16O5/c1-4(10)5-6(11)8(12)7(2,3)9(8,13)14-5/h4-6,10-13H,1-3H3/t4-,5+,6-,8-,9-/m0/s1. The molecule has 0 aromatic rings. The van der Waals surface area contributed by atoms with Crippen LogP contribution in [0, 0.1) is 5.41 Å². The van der Waals surface area contributed by atoms with Crippen molar-refractivity contribution in [3.8, 4) is 0 Å². The fourth-order valence-electron chi connectivity index (χ4n) is 2.49. The van der Waals surface area contributed by atoms with Crippen LogP contribution in [-0.4, -0.2) is 50.1 Å². The van der Waals surface area contributed by atoms with Crippen molar-refractivity contribution in [3.63, 3.8) is 0 Å². The molecule has 82 valence electrons. The zero-order valence-corrected chi connectivity index (χ0v) is 8.43. The molecule has 2 fully saturated rings. The Kier molecular flexibility index (Phi) is 1.70. The molecule has 1 heterocycles. The van der Waals surface area contributed by atoms with E-state index in [0.29, 0.717) is 0 Å². The minimum atomic E-state index is -1.74. The van der Waals surface area contributed by atoms with Gasteiger partial charge in [0.15, 0.2) is 5.60 Å². The highest BCUT2D eigenvalue weighted by molar-refractivity contribution is 5.34. The van der Waals surface area contributed by atoms with Gasteiger partial charge in [0, 0.05) is 0 Å². The topological polar surface area (TPSA) is 90.2 Å². The lowest BCUT2D eigenvalue weighted by Crippen LogP contribution is -2.44. The average molecular weight is 204 g/mol. The second-order valence-electron chi connectivity index (χ2n) is 4.80. The van der Waals surface area contributed by atoms with Gasteiger partial charge in [-0.05, 0) is 6.92 Å². The quantitative estimate of drug-likeness (QED) is 0.421. The molecule has 5 nitrogen and oxygen atoms in total. The largest absolute Gasteiger partial charge is 0.391 e. The fraction of sp³-hybridized carbons (Fsp3) is 1.00. The van der Waals surface area contributed by atoms with Crippen molar-refractivity contribution >= 4 is 0 Å². The Morgan fingerprint density at radius 3 is 2.07 bits per heavy atom. The number of hydrogen-bond acceptors (Lipinski definition) is 5. The van der Waals surface area contributed by atoms with E-state index in [4.69, 9.17) is 4.74 Å². The average Bonchev–Trinajstić information content (AvgIpc) is 2.33. The van der Waals surface area contributed by atoms with Gasteiger partial charge in [-0.1, -0.05) is 13.8 Å². The van der Waals surface area contributed by atoms with Gasteiger partial charge in [0.25, 0.3) is 0 Å². The van der Waals surface area contributed by atoms with Gasteiger partial charge in [-0.2, -0.15) is 0 Å². The van der Waals surface area contributed by atoms with E-state index in [1.807, 2.05) is 0 Å². The zero-order valence-electron chi connectivity index (χ0n) is 8.43. The number of hydrogen-bond donors (Lipinski definition) is 4. The maximum atomic E-state index is 10.0. The second kappa shape index (κ2) is 2.31. The van der Waals surface area contributed by atoms with Gasteiger partial charge in [-0.3, -0.25) is 0 Å². The third kappa shape index (κ3) is 0.717. The Hall–Kier alpha value is -0.200. The summed E-state index contributed by atoms with van der Waals surface area (Å²) in [4.78, 5) is 0. The molecule has 5 heteroatoms. The summed E-state index contributed by atoms with van der Waals surface area (Å²) in [5.41, 5.74) is -2.56. The number of aliphatic hydroxyl groups is 4. The van der Waals surface area contributed by atoms with Gasteiger partial charge in [-0.25, -0.2) is 0 Å². The van der Waals surface area contributed by atoms with Crippen molar-refractivity contribution in [1.29, 1.82) is 0 Å². The monoisotopic (exact) mass is 204 g/mol. The van der Waals surface area contributed by atoms with Crippen LogP contribution in [0.25, 0.3) is 0 Å². The Morgan fingerprint density at radius 1 is 1.29 bits per heavy atom.